The average Bonchev–Trinajstić information content (AvgIpc) is 2.85. The Hall–Kier alpha value is -2.18. The zero-order valence-electron chi connectivity index (χ0n) is 12.4. The summed E-state index contributed by atoms with van der Waals surface area (Å²) in [5.74, 6) is -0.694. The maximum absolute atomic E-state index is 12.4. The summed E-state index contributed by atoms with van der Waals surface area (Å²) in [4.78, 5) is 38.0. The van der Waals surface area contributed by atoms with Crippen LogP contribution in [0.4, 0.5) is 4.79 Å². The van der Waals surface area contributed by atoms with Gasteiger partial charge >= 0.3 is 0 Å². The van der Waals surface area contributed by atoms with Gasteiger partial charge in [-0.05, 0) is 35.5 Å². The number of hydrogen-bond donors (Lipinski definition) is 0. The van der Waals surface area contributed by atoms with E-state index in [2.05, 4.69) is 15.9 Å². The smallest absolute Gasteiger partial charge is 0.292 e. The number of carbonyl (C=O) groups is 3. The van der Waals surface area contributed by atoms with Crippen LogP contribution in [0.2, 0.25) is 0 Å². The van der Waals surface area contributed by atoms with Crippen LogP contribution < -0.4 is 0 Å². The summed E-state index contributed by atoms with van der Waals surface area (Å²) < 4.78 is 0.932. The Kier molecular flexibility index (Phi) is 4.97. The fourth-order valence-electron chi connectivity index (χ4n) is 2.21. The van der Waals surface area contributed by atoms with Crippen LogP contribution in [0.3, 0.4) is 0 Å². The summed E-state index contributed by atoms with van der Waals surface area (Å²) >= 11 is 4.20. The molecule has 1 aliphatic rings. The van der Waals surface area contributed by atoms with Gasteiger partial charge in [-0.3, -0.25) is 19.3 Å². The number of carbonyl (C=O) groups excluding carboxylic acids is 3. The predicted octanol–water partition coefficient (Wildman–Crippen LogP) is 4.37. The molecule has 120 valence electrons. The molecule has 2 aromatic rings. The van der Waals surface area contributed by atoms with Crippen molar-refractivity contribution >= 4 is 50.7 Å². The second-order valence-corrected chi connectivity index (χ2v) is 7.02. The van der Waals surface area contributed by atoms with Crippen LogP contribution in [0.15, 0.2) is 64.0 Å². The lowest BCUT2D eigenvalue weighted by Gasteiger charge is -2.11. The lowest BCUT2D eigenvalue weighted by molar-refractivity contribution is -0.122. The molecule has 1 fully saturated rings. The highest BCUT2D eigenvalue weighted by molar-refractivity contribution is 9.10. The topological polar surface area (TPSA) is 54.5 Å². The number of halogens is 1. The van der Waals surface area contributed by atoms with Gasteiger partial charge in [-0.1, -0.05) is 58.4 Å². The van der Waals surface area contributed by atoms with E-state index in [9.17, 15) is 14.4 Å². The van der Waals surface area contributed by atoms with Gasteiger partial charge in [0.15, 0.2) is 5.78 Å². The average molecular weight is 402 g/mol. The molecule has 1 aliphatic heterocycles. The minimum absolute atomic E-state index is 0.244. The van der Waals surface area contributed by atoms with Gasteiger partial charge in [-0.15, -0.1) is 0 Å². The first-order valence-corrected chi connectivity index (χ1v) is 8.75. The van der Waals surface area contributed by atoms with Gasteiger partial charge in [-0.25, -0.2) is 0 Å². The molecule has 1 heterocycles. The van der Waals surface area contributed by atoms with Crippen molar-refractivity contribution in [3.8, 4) is 0 Å². The molecular weight excluding hydrogens is 390 g/mol. The summed E-state index contributed by atoms with van der Waals surface area (Å²) in [6.45, 7) is -0.244. The SMILES string of the molecule is O=C(CN1C(=O)S/C(=C/c2ccc(Br)cc2)C1=O)c1ccccc1. The molecule has 0 spiro atoms. The van der Waals surface area contributed by atoms with Crippen molar-refractivity contribution in [3.05, 3.63) is 75.1 Å². The van der Waals surface area contributed by atoms with E-state index in [0.717, 1.165) is 26.7 Å². The quantitative estimate of drug-likeness (QED) is 0.563. The van der Waals surface area contributed by atoms with Crippen LogP contribution in [-0.4, -0.2) is 28.4 Å². The molecule has 0 atom stereocenters. The molecular formula is C18H12BrNO3S. The molecule has 3 rings (SSSR count). The summed E-state index contributed by atoms with van der Waals surface area (Å²) in [7, 11) is 0. The summed E-state index contributed by atoms with van der Waals surface area (Å²) in [6.07, 6.45) is 1.66. The fraction of sp³-hybridized carbons (Fsp3) is 0.0556. The van der Waals surface area contributed by atoms with Crippen LogP contribution >= 0.6 is 27.7 Å². The van der Waals surface area contributed by atoms with Crippen LogP contribution in [0.25, 0.3) is 6.08 Å². The molecule has 4 nitrogen and oxygen atoms in total. The molecule has 2 amide bonds. The summed E-state index contributed by atoms with van der Waals surface area (Å²) in [6, 6.07) is 16.0. The number of ketones is 1. The van der Waals surface area contributed by atoms with Crippen molar-refractivity contribution in [2.45, 2.75) is 0 Å². The molecule has 0 aliphatic carbocycles. The van der Waals surface area contributed by atoms with Gasteiger partial charge in [0.2, 0.25) is 0 Å². The van der Waals surface area contributed by atoms with Gasteiger partial charge in [-0.2, -0.15) is 0 Å². The van der Waals surface area contributed by atoms with Gasteiger partial charge in [0, 0.05) is 10.0 Å². The lowest BCUT2D eigenvalue weighted by atomic mass is 10.1. The number of nitrogens with zero attached hydrogens (tertiary/aromatic N) is 1. The Morgan fingerprint density at radius 3 is 2.38 bits per heavy atom. The molecule has 24 heavy (non-hydrogen) atoms. The largest absolute Gasteiger partial charge is 0.293 e. The number of imide groups is 1. The van der Waals surface area contributed by atoms with E-state index in [1.54, 1.807) is 36.4 Å². The third-order valence-corrected chi connectivity index (χ3v) is 4.87. The summed E-state index contributed by atoms with van der Waals surface area (Å²) in [5, 5.41) is -0.423. The molecule has 0 saturated carbocycles. The van der Waals surface area contributed by atoms with E-state index in [1.165, 1.54) is 0 Å². The van der Waals surface area contributed by atoms with E-state index >= 15 is 0 Å². The predicted molar refractivity (Wildman–Crippen MR) is 97.6 cm³/mol. The summed E-state index contributed by atoms with van der Waals surface area (Å²) in [5.41, 5.74) is 1.30. The molecule has 0 aromatic heterocycles. The Morgan fingerprint density at radius 1 is 1.04 bits per heavy atom. The molecule has 0 radical (unpaired) electrons. The monoisotopic (exact) mass is 401 g/mol. The van der Waals surface area contributed by atoms with E-state index in [0.29, 0.717) is 10.5 Å². The molecule has 0 unspecified atom stereocenters. The third kappa shape index (κ3) is 3.66. The fourth-order valence-corrected chi connectivity index (χ4v) is 3.31. The second kappa shape index (κ2) is 7.15. The standard InChI is InChI=1S/C18H12BrNO3S/c19-14-8-6-12(7-9-14)10-16-17(22)20(18(23)24-16)11-15(21)13-4-2-1-3-5-13/h1-10H,11H2/b16-10+. The van der Waals surface area contributed by atoms with Gasteiger partial charge in [0.25, 0.3) is 11.1 Å². The number of rotatable bonds is 4. The second-order valence-electron chi connectivity index (χ2n) is 5.11. The normalized spacial score (nSPS) is 16.0. The number of thioether (sulfide) groups is 1. The van der Waals surface area contributed by atoms with E-state index in [1.807, 2.05) is 24.3 Å². The van der Waals surface area contributed by atoms with Gasteiger partial charge < -0.3 is 0 Å². The minimum atomic E-state index is -0.433. The van der Waals surface area contributed by atoms with Gasteiger partial charge in [0.1, 0.15) is 0 Å². The van der Waals surface area contributed by atoms with Crippen molar-refractivity contribution in [2.75, 3.05) is 6.54 Å². The first-order chi connectivity index (χ1) is 11.5. The van der Waals surface area contributed by atoms with Crippen LogP contribution in [-0.2, 0) is 4.79 Å². The Bertz CT molecular complexity index is 831. The van der Waals surface area contributed by atoms with Crippen LogP contribution in [0, 0.1) is 0 Å². The lowest BCUT2D eigenvalue weighted by Crippen LogP contribution is -2.33. The molecule has 0 N–H and O–H groups in total. The highest BCUT2D eigenvalue weighted by atomic mass is 79.9. The number of hydrogen-bond acceptors (Lipinski definition) is 4. The van der Waals surface area contributed by atoms with Crippen molar-refractivity contribution in [1.29, 1.82) is 0 Å². The van der Waals surface area contributed by atoms with E-state index in [-0.39, 0.29) is 12.3 Å². The minimum Gasteiger partial charge on any atom is -0.292 e. The van der Waals surface area contributed by atoms with Crippen molar-refractivity contribution < 1.29 is 14.4 Å². The van der Waals surface area contributed by atoms with Crippen molar-refractivity contribution in [3.63, 3.8) is 0 Å². The first kappa shape index (κ1) is 16.7. The third-order valence-electron chi connectivity index (χ3n) is 3.44. The molecule has 2 aromatic carbocycles. The number of Topliss-reactive ketones (excluding diaryl/α,β-unsaturated/α-hetero) is 1. The molecule has 1 saturated heterocycles. The molecule has 0 bridgehead atoms. The maximum atomic E-state index is 12.4. The number of amides is 2. The molecule has 6 heteroatoms. The zero-order valence-corrected chi connectivity index (χ0v) is 14.8. The number of benzene rings is 2. The Balaban J connectivity index is 1.77. The van der Waals surface area contributed by atoms with Crippen molar-refractivity contribution in [1.82, 2.24) is 4.90 Å². The van der Waals surface area contributed by atoms with Crippen molar-refractivity contribution in [2.24, 2.45) is 0 Å². The van der Waals surface area contributed by atoms with E-state index in [4.69, 9.17) is 0 Å². The van der Waals surface area contributed by atoms with Crippen LogP contribution in [0.1, 0.15) is 15.9 Å². The Morgan fingerprint density at radius 2 is 1.71 bits per heavy atom. The van der Waals surface area contributed by atoms with Gasteiger partial charge in [0.05, 0.1) is 11.4 Å². The Labute approximate surface area is 151 Å². The maximum Gasteiger partial charge on any atom is 0.293 e. The highest BCUT2D eigenvalue weighted by Gasteiger charge is 2.36. The van der Waals surface area contributed by atoms with E-state index < -0.39 is 11.1 Å². The highest BCUT2D eigenvalue weighted by Crippen LogP contribution is 2.32. The zero-order chi connectivity index (χ0) is 17.1. The van der Waals surface area contributed by atoms with Crippen LogP contribution in [0.5, 0.6) is 0 Å². The first-order valence-electron chi connectivity index (χ1n) is 7.14.